The molecule has 0 aliphatic rings. The quantitative estimate of drug-likeness (QED) is 0.791. The van der Waals surface area contributed by atoms with E-state index in [-0.39, 0.29) is 22.8 Å². The first-order valence-electron chi connectivity index (χ1n) is 4.80. The number of nitrogens with one attached hydrogen (secondary N) is 1. The summed E-state index contributed by atoms with van der Waals surface area (Å²) in [6, 6.07) is 2.87. The smallest absolute Gasteiger partial charge is 0.256 e. The van der Waals surface area contributed by atoms with Crippen molar-refractivity contribution in [3.63, 3.8) is 0 Å². The molecule has 4 nitrogen and oxygen atoms in total. The van der Waals surface area contributed by atoms with E-state index in [1.807, 2.05) is 0 Å². The molecule has 88 valence electrons. The number of H-pyrrole nitrogens is 1. The number of nitrogen functional groups attached to an aromatic ring is 1. The molecule has 0 aliphatic carbocycles. The van der Waals surface area contributed by atoms with Gasteiger partial charge in [0.15, 0.2) is 0 Å². The molecule has 0 saturated heterocycles. The fourth-order valence-electron chi connectivity index (χ4n) is 1.38. The van der Waals surface area contributed by atoms with Crippen LogP contribution in [-0.4, -0.2) is 9.97 Å². The molecule has 1 aromatic heterocycles. The summed E-state index contributed by atoms with van der Waals surface area (Å²) in [5.41, 5.74) is 5.48. The minimum absolute atomic E-state index is 0.0356. The van der Waals surface area contributed by atoms with Crippen molar-refractivity contribution in [2.24, 2.45) is 0 Å². The van der Waals surface area contributed by atoms with Crippen LogP contribution in [0.15, 0.2) is 23.0 Å². The molecule has 0 radical (unpaired) electrons. The molecule has 3 N–H and O–H groups in total. The monoisotopic (exact) mass is 237 g/mol. The van der Waals surface area contributed by atoms with Crippen LogP contribution < -0.4 is 11.3 Å². The summed E-state index contributed by atoms with van der Waals surface area (Å²) >= 11 is 0. The molecule has 0 saturated carbocycles. The average Bonchev–Trinajstić information content (AvgIpc) is 2.23. The number of nitrogens with two attached hydrogens (primary N) is 1. The fraction of sp³-hybridized carbons (Fsp3) is 0.0909. The second-order valence-electron chi connectivity index (χ2n) is 3.58. The number of halogens is 2. The van der Waals surface area contributed by atoms with Crippen molar-refractivity contribution in [2.45, 2.75) is 6.92 Å². The number of rotatable bonds is 1. The third-order valence-corrected chi connectivity index (χ3v) is 2.32. The van der Waals surface area contributed by atoms with Crippen molar-refractivity contribution in [3.8, 4) is 11.4 Å². The molecule has 0 amide bonds. The summed E-state index contributed by atoms with van der Waals surface area (Å²) in [5.74, 6) is -1.42. The summed E-state index contributed by atoms with van der Waals surface area (Å²) < 4.78 is 26.0. The van der Waals surface area contributed by atoms with Crippen molar-refractivity contribution in [1.29, 1.82) is 0 Å². The number of anilines is 1. The van der Waals surface area contributed by atoms with Gasteiger partial charge in [0, 0.05) is 11.6 Å². The SMILES string of the molecule is Cc1c(N)nc(-c2cc(F)cc(F)c2)[nH]c1=O. The first-order valence-corrected chi connectivity index (χ1v) is 4.80. The van der Waals surface area contributed by atoms with Crippen LogP contribution in [0.2, 0.25) is 0 Å². The highest BCUT2D eigenvalue weighted by atomic mass is 19.1. The van der Waals surface area contributed by atoms with Crippen LogP contribution in [0.1, 0.15) is 5.56 Å². The van der Waals surface area contributed by atoms with Gasteiger partial charge in [-0.15, -0.1) is 0 Å². The number of hydrogen-bond acceptors (Lipinski definition) is 3. The number of aromatic amines is 1. The van der Waals surface area contributed by atoms with Gasteiger partial charge < -0.3 is 10.7 Å². The van der Waals surface area contributed by atoms with Gasteiger partial charge in [0.25, 0.3) is 5.56 Å². The van der Waals surface area contributed by atoms with Crippen LogP contribution in [0.3, 0.4) is 0 Å². The van der Waals surface area contributed by atoms with E-state index < -0.39 is 17.2 Å². The topological polar surface area (TPSA) is 71.8 Å². The van der Waals surface area contributed by atoms with Crippen molar-refractivity contribution >= 4 is 5.82 Å². The van der Waals surface area contributed by atoms with Gasteiger partial charge in [-0.05, 0) is 19.1 Å². The maximum Gasteiger partial charge on any atom is 0.256 e. The molecule has 0 spiro atoms. The number of benzene rings is 1. The van der Waals surface area contributed by atoms with Gasteiger partial charge >= 0.3 is 0 Å². The molecule has 0 bridgehead atoms. The van der Waals surface area contributed by atoms with Crippen molar-refractivity contribution < 1.29 is 8.78 Å². The van der Waals surface area contributed by atoms with E-state index in [1.165, 1.54) is 6.92 Å². The maximum atomic E-state index is 13.0. The summed E-state index contributed by atoms with van der Waals surface area (Å²) in [5, 5.41) is 0. The second-order valence-corrected chi connectivity index (χ2v) is 3.58. The van der Waals surface area contributed by atoms with Gasteiger partial charge in [0.1, 0.15) is 23.3 Å². The Hall–Kier alpha value is -2.24. The van der Waals surface area contributed by atoms with E-state index in [9.17, 15) is 13.6 Å². The van der Waals surface area contributed by atoms with Gasteiger partial charge in [-0.2, -0.15) is 0 Å². The highest BCUT2D eigenvalue weighted by molar-refractivity contribution is 5.57. The van der Waals surface area contributed by atoms with E-state index in [4.69, 9.17) is 5.73 Å². The Kier molecular flexibility index (Phi) is 2.63. The summed E-state index contributed by atoms with van der Waals surface area (Å²) in [4.78, 5) is 17.7. The van der Waals surface area contributed by atoms with Gasteiger partial charge in [-0.1, -0.05) is 0 Å². The Morgan fingerprint density at radius 2 is 1.82 bits per heavy atom. The predicted octanol–water partition coefficient (Wildman–Crippen LogP) is 1.61. The summed E-state index contributed by atoms with van der Waals surface area (Å²) in [6.45, 7) is 1.51. The summed E-state index contributed by atoms with van der Waals surface area (Å²) in [6.07, 6.45) is 0. The van der Waals surface area contributed by atoms with Crippen LogP contribution in [-0.2, 0) is 0 Å². The molecule has 0 atom stereocenters. The van der Waals surface area contributed by atoms with Crippen molar-refractivity contribution in [2.75, 3.05) is 5.73 Å². The Labute approximate surface area is 95.1 Å². The minimum Gasteiger partial charge on any atom is -0.383 e. The van der Waals surface area contributed by atoms with Gasteiger partial charge in [0.05, 0.1) is 5.56 Å². The standard InChI is InChI=1S/C11H9F2N3O/c1-5-9(14)15-10(16-11(5)17)6-2-7(12)4-8(13)3-6/h2-4H,1H3,(H3,14,15,16,17). The largest absolute Gasteiger partial charge is 0.383 e. The number of aromatic nitrogens is 2. The van der Waals surface area contributed by atoms with E-state index in [2.05, 4.69) is 9.97 Å². The van der Waals surface area contributed by atoms with E-state index in [0.717, 1.165) is 18.2 Å². The Morgan fingerprint density at radius 1 is 1.24 bits per heavy atom. The molecule has 0 unspecified atom stereocenters. The Morgan fingerprint density at radius 3 is 2.35 bits per heavy atom. The number of nitrogens with zero attached hydrogens (tertiary/aromatic N) is 1. The molecule has 0 fully saturated rings. The van der Waals surface area contributed by atoms with E-state index in [0.29, 0.717) is 0 Å². The maximum absolute atomic E-state index is 13.0. The third kappa shape index (κ3) is 2.15. The van der Waals surface area contributed by atoms with Crippen LogP contribution in [0.5, 0.6) is 0 Å². The lowest BCUT2D eigenvalue weighted by atomic mass is 10.2. The predicted molar refractivity (Wildman–Crippen MR) is 59.4 cm³/mol. The van der Waals surface area contributed by atoms with Crippen LogP contribution in [0.4, 0.5) is 14.6 Å². The average molecular weight is 237 g/mol. The molecule has 0 aliphatic heterocycles. The van der Waals surface area contributed by atoms with Crippen LogP contribution in [0, 0.1) is 18.6 Å². The van der Waals surface area contributed by atoms with Crippen LogP contribution in [0.25, 0.3) is 11.4 Å². The van der Waals surface area contributed by atoms with Gasteiger partial charge in [-0.25, -0.2) is 13.8 Å². The normalized spacial score (nSPS) is 10.5. The first kappa shape index (κ1) is 11.3. The number of hydrogen-bond donors (Lipinski definition) is 2. The zero-order valence-corrected chi connectivity index (χ0v) is 8.92. The van der Waals surface area contributed by atoms with Crippen molar-refractivity contribution in [3.05, 3.63) is 45.8 Å². The molecule has 1 aromatic carbocycles. The Bertz CT molecular complexity index is 617. The molecular weight excluding hydrogens is 228 g/mol. The second kappa shape index (κ2) is 3.97. The highest BCUT2D eigenvalue weighted by Crippen LogP contribution is 2.18. The molecule has 17 heavy (non-hydrogen) atoms. The first-order chi connectivity index (χ1) is 7.97. The Balaban J connectivity index is 2.65. The third-order valence-electron chi connectivity index (χ3n) is 2.32. The molecule has 6 heteroatoms. The molecule has 1 heterocycles. The molecule has 2 rings (SSSR count). The minimum atomic E-state index is -0.748. The van der Waals surface area contributed by atoms with Crippen molar-refractivity contribution in [1.82, 2.24) is 9.97 Å². The van der Waals surface area contributed by atoms with E-state index in [1.54, 1.807) is 0 Å². The lowest BCUT2D eigenvalue weighted by Crippen LogP contribution is -2.15. The van der Waals surface area contributed by atoms with Crippen LogP contribution >= 0.6 is 0 Å². The summed E-state index contributed by atoms with van der Waals surface area (Å²) in [7, 11) is 0. The van der Waals surface area contributed by atoms with E-state index >= 15 is 0 Å². The highest BCUT2D eigenvalue weighted by Gasteiger charge is 2.08. The zero-order valence-electron chi connectivity index (χ0n) is 8.92. The fourth-order valence-corrected chi connectivity index (χ4v) is 1.38. The molecule has 2 aromatic rings. The molecular formula is C11H9F2N3O. The zero-order chi connectivity index (χ0) is 12.6. The lowest BCUT2D eigenvalue weighted by molar-refractivity contribution is 0.584. The lowest BCUT2D eigenvalue weighted by Gasteiger charge is -2.04. The van der Waals surface area contributed by atoms with Gasteiger partial charge in [-0.3, -0.25) is 4.79 Å². The van der Waals surface area contributed by atoms with Gasteiger partial charge in [0.2, 0.25) is 0 Å².